The van der Waals surface area contributed by atoms with E-state index in [-0.39, 0.29) is 5.91 Å². The predicted octanol–water partition coefficient (Wildman–Crippen LogP) is -0.675. The minimum absolute atomic E-state index is 0.322. The summed E-state index contributed by atoms with van der Waals surface area (Å²) in [6.07, 6.45) is -0.217. The highest BCUT2D eigenvalue weighted by Gasteiger charge is 2.36. The van der Waals surface area contributed by atoms with Gasteiger partial charge in [0.05, 0.1) is 12.1 Å². The molecule has 0 saturated carbocycles. The maximum absolute atomic E-state index is 11.8. The number of carboxylic acid groups (broad SMARTS) is 1. The molecule has 1 amide bonds. The third-order valence-corrected chi connectivity index (χ3v) is 2.82. The summed E-state index contributed by atoms with van der Waals surface area (Å²) in [6.45, 7) is 5.63. The van der Waals surface area contributed by atoms with Gasteiger partial charge in [-0.15, -0.1) is 0 Å². The standard InChI is InChI=1S/C11H20N2O4/c1-11(2,3)8(10(16)17)13-9(15)7-4-6(14)5-12-7/h6-8,12,14H,4-5H2,1-3H3,(H,13,15)(H,16,17)/t6?,7?,8-/m1/s1. The van der Waals surface area contributed by atoms with Crippen molar-refractivity contribution in [1.29, 1.82) is 0 Å². The number of hydrogen-bond acceptors (Lipinski definition) is 4. The fraction of sp³-hybridized carbons (Fsp3) is 0.818. The van der Waals surface area contributed by atoms with Gasteiger partial charge in [-0.2, -0.15) is 0 Å². The zero-order chi connectivity index (χ0) is 13.2. The third-order valence-electron chi connectivity index (χ3n) is 2.82. The molecule has 6 heteroatoms. The van der Waals surface area contributed by atoms with Crippen LogP contribution in [0.25, 0.3) is 0 Å². The first-order valence-corrected chi connectivity index (χ1v) is 5.66. The first kappa shape index (κ1) is 13.9. The van der Waals surface area contributed by atoms with Crippen LogP contribution in [0.5, 0.6) is 0 Å². The number of carboxylic acids is 1. The highest BCUT2D eigenvalue weighted by atomic mass is 16.4. The molecule has 1 heterocycles. The number of β-amino-alcohol motifs (C(OH)–C–C–N with tert-alkyl or cyclic N) is 1. The van der Waals surface area contributed by atoms with Crippen molar-refractivity contribution in [3.63, 3.8) is 0 Å². The zero-order valence-corrected chi connectivity index (χ0v) is 10.4. The number of hydrogen-bond donors (Lipinski definition) is 4. The molecule has 3 atom stereocenters. The quantitative estimate of drug-likeness (QED) is 0.527. The van der Waals surface area contributed by atoms with Gasteiger partial charge in [-0.25, -0.2) is 4.79 Å². The van der Waals surface area contributed by atoms with Crippen molar-refractivity contribution in [2.24, 2.45) is 5.41 Å². The number of carbonyl (C=O) groups excluding carboxylic acids is 1. The molecule has 0 aliphatic carbocycles. The van der Waals surface area contributed by atoms with E-state index in [1.165, 1.54) is 0 Å². The maximum atomic E-state index is 11.8. The first-order chi connectivity index (χ1) is 7.71. The smallest absolute Gasteiger partial charge is 0.326 e. The average molecular weight is 244 g/mol. The molecule has 1 aliphatic rings. The molecule has 4 N–H and O–H groups in total. The highest BCUT2D eigenvalue weighted by Crippen LogP contribution is 2.20. The van der Waals surface area contributed by atoms with Crippen LogP contribution in [0.4, 0.5) is 0 Å². The van der Waals surface area contributed by atoms with E-state index >= 15 is 0 Å². The molecule has 0 spiro atoms. The summed E-state index contributed by atoms with van der Waals surface area (Å²) >= 11 is 0. The molecule has 0 aromatic carbocycles. The highest BCUT2D eigenvalue weighted by molar-refractivity contribution is 5.87. The second kappa shape index (κ2) is 5.01. The van der Waals surface area contributed by atoms with Crippen LogP contribution in [-0.2, 0) is 9.59 Å². The van der Waals surface area contributed by atoms with Gasteiger partial charge in [0.1, 0.15) is 6.04 Å². The molecule has 98 valence electrons. The summed E-state index contributed by atoms with van der Waals surface area (Å²) < 4.78 is 0. The maximum Gasteiger partial charge on any atom is 0.326 e. The van der Waals surface area contributed by atoms with Crippen LogP contribution in [0.15, 0.2) is 0 Å². The van der Waals surface area contributed by atoms with Crippen molar-refractivity contribution < 1.29 is 19.8 Å². The Morgan fingerprint density at radius 1 is 1.41 bits per heavy atom. The van der Waals surface area contributed by atoms with E-state index in [0.717, 1.165) is 0 Å². The van der Waals surface area contributed by atoms with Crippen LogP contribution in [0.3, 0.4) is 0 Å². The van der Waals surface area contributed by atoms with Crippen LogP contribution in [0, 0.1) is 5.41 Å². The normalized spacial score (nSPS) is 26.6. The molecule has 6 nitrogen and oxygen atoms in total. The van der Waals surface area contributed by atoms with E-state index in [1.54, 1.807) is 20.8 Å². The minimum atomic E-state index is -1.05. The van der Waals surface area contributed by atoms with E-state index in [1.807, 2.05) is 0 Å². The number of rotatable bonds is 3. The largest absolute Gasteiger partial charge is 0.480 e. The Labute approximate surface area is 100 Å². The van der Waals surface area contributed by atoms with E-state index < -0.39 is 29.6 Å². The number of amides is 1. The summed E-state index contributed by atoms with van der Waals surface area (Å²) in [5.74, 6) is -1.42. The van der Waals surface area contributed by atoms with Gasteiger partial charge in [-0.3, -0.25) is 4.79 Å². The molecule has 1 fully saturated rings. The Bertz CT molecular complexity index is 311. The molecular formula is C11H20N2O4. The van der Waals surface area contributed by atoms with Gasteiger partial charge in [0, 0.05) is 6.54 Å². The van der Waals surface area contributed by atoms with Gasteiger partial charge in [-0.1, -0.05) is 20.8 Å². The summed E-state index contributed by atoms with van der Waals surface area (Å²) in [7, 11) is 0. The molecule has 0 aromatic heterocycles. The van der Waals surface area contributed by atoms with Gasteiger partial charge in [0.15, 0.2) is 0 Å². The summed E-state index contributed by atoms with van der Waals surface area (Å²) in [6, 6.07) is -1.44. The van der Waals surface area contributed by atoms with Crippen molar-refractivity contribution in [3.05, 3.63) is 0 Å². The molecular weight excluding hydrogens is 224 g/mol. The topological polar surface area (TPSA) is 98.7 Å². The number of aliphatic hydroxyl groups excluding tert-OH is 1. The molecule has 0 radical (unpaired) electrons. The SMILES string of the molecule is CC(C)(C)[C@H](NC(=O)C1CC(O)CN1)C(=O)O. The van der Waals surface area contributed by atoms with Crippen LogP contribution in [-0.4, -0.2) is 46.8 Å². The predicted molar refractivity (Wildman–Crippen MR) is 61.4 cm³/mol. The molecule has 0 bridgehead atoms. The molecule has 1 aliphatic heterocycles. The van der Waals surface area contributed by atoms with E-state index in [2.05, 4.69) is 10.6 Å². The Balaban J connectivity index is 2.62. The Hall–Kier alpha value is -1.14. The van der Waals surface area contributed by atoms with Gasteiger partial charge in [0.2, 0.25) is 5.91 Å². The number of aliphatic carboxylic acids is 1. The molecule has 1 rings (SSSR count). The number of nitrogens with one attached hydrogen (secondary N) is 2. The van der Waals surface area contributed by atoms with Crippen molar-refractivity contribution in [2.45, 2.75) is 45.4 Å². The lowest BCUT2D eigenvalue weighted by Gasteiger charge is -2.28. The van der Waals surface area contributed by atoms with E-state index in [4.69, 9.17) is 5.11 Å². The zero-order valence-electron chi connectivity index (χ0n) is 10.4. The van der Waals surface area contributed by atoms with Crippen LogP contribution in [0.2, 0.25) is 0 Å². The summed E-state index contributed by atoms with van der Waals surface area (Å²) in [5, 5.41) is 23.7. The lowest BCUT2D eigenvalue weighted by atomic mass is 9.86. The third kappa shape index (κ3) is 3.67. The van der Waals surface area contributed by atoms with Crippen LogP contribution < -0.4 is 10.6 Å². The summed E-state index contributed by atoms with van der Waals surface area (Å²) in [4.78, 5) is 22.9. The lowest BCUT2D eigenvalue weighted by molar-refractivity contribution is -0.145. The summed E-state index contributed by atoms with van der Waals surface area (Å²) in [5.41, 5.74) is -0.557. The van der Waals surface area contributed by atoms with E-state index in [9.17, 15) is 14.7 Å². The second-order valence-electron chi connectivity index (χ2n) is 5.50. The lowest BCUT2D eigenvalue weighted by Crippen LogP contribution is -2.53. The van der Waals surface area contributed by atoms with Crippen LogP contribution >= 0.6 is 0 Å². The fourth-order valence-corrected chi connectivity index (χ4v) is 1.81. The van der Waals surface area contributed by atoms with E-state index in [0.29, 0.717) is 13.0 Å². The van der Waals surface area contributed by atoms with Crippen LogP contribution in [0.1, 0.15) is 27.2 Å². The Kier molecular flexibility index (Phi) is 4.11. The minimum Gasteiger partial charge on any atom is -0.480 e. The number of carbonyl (C=O) groups is 2. The Morgan fingerprint density at radius 3 is 2.35 bits per heavy atom. The van der Waals surface area contributed by atoms with Gasteiger partial charge in [0.25, 0.3) is 0 Å². The average Bonchev–Trinajstić information content (AvgIpc) is 2.58. The first-order valence-electron chi connectivity index (χ1n) is 5.66. The van der Waals surface area contributed by atoms with Gasteiger partial charge < -0.3 is 20.8 Å². The van der Waals surface area contributed by atoms with Crippen molar-refractivity contribution in [2.75, 3.05) is 6.54 Å². The number of aliphatic hydroxyl groups is 1. The van der Waals surface area contributed by atoms with Crippen molar-refractivity contribution in [3.8, 4) is 0 Å². The van der Waals surface area contributed by atoms with Crippen molar-refractivity contribution >= 4 is 11.9 Å². The molecule has 1 saturated heterocycles. The van der Waals surface area contributed by atoms with Gasteiger partial charge >= 0.3 is 5.97 Å². The molecule has 0 aromatic rings. The molecule has 2 unspecified atom stereocenters. The Morgan fingerprint density at radius 2 is 2.00 bits per heavy atom. The van der Waals surface area contributed by atoms with Gasteiger partial charge in [-0.05, 0) is 11.8 Å². The second-order valence-corrected chi connectivity index (χ2v) is 5.50. The van der Waals surface area contributed by atoms with Crippen molar-refractivity contribution in [1.82, 2.24) is 10.6 Å². The fourth-order valence-electron chi connectivity index (χ4n) is 1.81. The monoisotopic (exact) mass is 244 g/mol. The molecule has 17 heavy (non-hydrogen) atoms.